The summed E-state index contributed by atoms with van der Waals surface area (Å²) in [5.74, 6) is 0. The van der Waals surface area contributed by atoms with Gasteiger partial charge in [-0.05, 0) is 17.5 Å². The molecule has 0 unspecified atom stereocenters. The Morgan fingerprint density at radius 1 is 1.31 bits per heavy atom. The molecule has 0 saturated heterocycles. The van der Waals surface area contributed by atoms with Crippen LogP contribution in [-0.2, 0) is 0 Å². The van der Waals surface area contributed by atoms with E-state index in [0.29, 0.717) is 0 Å². The maximum Gasteiger partial charge on any atom is 0.250 e. The average Bonchev–Trinajstić information content (AvgIpc) is 2.17. The molecule has 3 heteroatoms. The van der Waals surface area contributed by atoms with Crippen molar-refractivity contribution in [2.75, 3.05) is 0 Å². The summed E-state index contributed by atoms with van der Waals surface area (Å²) < 4.78 is 0.757. The normalized spacial score (nSPS) is 9.77. The highest BCUT2D eigenvalue weighted by atomic mass is 32.1. The molecule has 0 aliphatic rings. The van der Waals surface area contributed by atoms with Crippen molar-refractivity contribution in [2.45, 2.75) is 0 Å². The summed E-state index contributed by atoms with van der Waals surface area (Å²) in [6.07, 6.45) is 0. The Morgan fingerprint density at radius 3 is 2.85 bits per heavy atom. The van der Waals surface area contributed by atoms with Gasteiger partial charge in [-0.15, -0.1) is 0 Å². The van der Waals surface area contributed by atoms with Crippen molar-refractivity contribution >= 4 is 21.4 Å². The first kappa shape index (κ1) is 7.96. The number of nitrogens with zero attached hydrogens (tertiary/aromatic N) is 1. The van der Waals surface area contributed by atoms with Gasteiger partial charge in [0.1, 0.15) is 11.6 Å². The van der Waals surface area contributed by atoms with Gasteiger partial charge in [0.15, 0.2) is 0 Å². The average molecular weight is 187 g/mol. The smallest absolute Gasteiger partial charge is 0.250 e. The Morgan fingerprint density at radius 2 is 2.08 bits per heavy atom. The van der Waals surface area contributed by atoms with Gasteiger partial charge in [0, 0.05) is 4.70 Å². The van der Waals surface area contributed by atoms with Crippen molar-refractivity contribution < 1.29 is 0 Å². The molecule has 0 bridgehead atoms. The molecule has 0 fully saturated rings. The highest BCUT2D eigenvalue weighted by Gasteiger charge is 2.00. The fourth-order valence-electron chi connectivity index (χ4n) is 1.14. The maximum atomic E-state index is 11.3. The standard InChI is InChI=1S/C10H5NOS/c11-6-8-5-7-3-1-2-4-9(7)13-10(8)12/h1-5H. The molecule has 0 aliphatic carbocycles. The van der Waals surface area contributed by atoms with E-state index in [1.165, 1.54) is 0 Å². The molecular formula is C10H5NOS. The van der Waals surface area contributed by atoms with Crippen LogP contribution < -0.4 is 4.74 Å². The lowest BCUT2D eigenvalue weighted by molar-refractivity contribution is 1.49. The summed E-state index contributed by atoms with van der Waals surface area (Å²) in [6, 6.07) is 11.1. The zero-order chi connectivity index (χ0) is 9.26. The van der Waals surface area contributed by atoms with E-state index in [1.54, 1.807) is 6.07 Å². The van der Waals surface area contributed by atoms with Gasteiger partial charge in [0.2, 0.25) is 0 Å². The van der Waals surface area contributed by atoms with E-state index in [1.807, 2.05) is 30.3 Å². The fraction of sp³-hybridized carbons (Fsp3) is 0. The molecule has 1 aromatic heterocycles. The van der Waals surface area contributed by atoms with Gasteiger partial charge in [-0.1, -0.05) is 29.5 Å². The van der Waals surface area contributed by atoms with Gasteiger partial charge in [-0.3, -0.25) is 4.79 Å². The van der Waals surface area contributed by atoms with Crippen LogP contribution in [0.5, 0.6) is 0 Å². The minimum absolute atomic E-state index is 0.166. The van der Waals surface area contributed by atoms with Crippen LogP contribution in [0.3, 0.4) is 0 Å². The lowest BCUT2D eigenvalue weighted by Gasteiger charge is -1.93. The second-order valence-electron chi connectivity index (χ2n) is 2.60. The zero-order valence-corrected chi connectivity index (χ0v) is 7.47. The van der Waals surface area contributed by atoms with Crippen molar-refractivity contribution in [2.24, 2.45) is 0 Å². The van der Waals surface area contributed by atoms with Crippen molar-refractivity contribution in [3.05, 3.63) is 45.4 Å². The van der Waals surface area contributed by atoms with Crippen molar-refractivity contribution in [1.29, 1.82) is 5.26 Å². The van der Waals surface area contributed by atoms with E-state index in [0.717, 1.165) is 21.4 Å². The molecule has 0 spiro atoms. The number of rotatable bonds is 0. The zero-order valence-electron chi connectivity index (χ0n) is 6.65. The highest BCUT2D eigenvalue weighted by molar-refractivity contribution is 7.16. The van der Waals surface area contributed by atoms with E-state index in [9.17, 15) is 4.79 Å². The first-order chi connectivity index (χ1) is 6.31. The summed E-state index contributed by atoms with van der Waals surface area (Å²) >= 11 is 1.11. The molecule has 62 valence electrons. The lowest BCUT2D eigenvalue weighted by Crippen LogP contribution is -1.98. The van der Waals surface area contributed by atoms with Crippen molar-refractivity contribution in [3.63, 3.8) is 0 Å². The molecule has 0 atom stereocenters. The van der Waals surface area contributed by atoms with Crippen LogP contribution in [0, 0.1) is 11.3 Å². The topological polar surface area (TPSA) is 40.9 Å². The monoisotopic (exact) mass is 187 g/mol. The second kappa shape index (κ2) is 3.00. The molecule has 0 saturated carbocycles. The number of hydrogen-bond acceptors (Lipinski definition) is 3. The molecule has 1 aromatic carbocycles. The van der Waals surface area contributed by atoms with E-state index in [2.05, 4.69) is 0 Å². The fourth-order valence-corrected chi connectivity index (χ4v) is 1.95. The van der Waals surface area contributed by atoms with Gasteiger partial charge < -0.3 is 0 Å². The SMILES string of the molecule is N#Cc1cc2ccccc2sc1=O. The summed E-state index contributed by atoms with van der Waals surface area (Å²) in [5, 5.41) is 9.58. The predicted molar refractivity (Wildman–Crippen MR) is 52.8 cm³/mol. The summed E-state index contributed by atoms with van der Waals surface area (Å²) in [7, 11) is 0. The molecule has 2 aromatic rings. The minimum Gasteiger partial charge on any atom is -0.276 e. The Kier molecular flexibility index (Phi) is 1.84. The third-order valence-corrected chi connectivity index (χ3v) is 2.76. The van der Waals surface area contributed by atoms with E-state index in [4.69, 9.17) is 5.26 Å². The minimum atomic E-state index is -0.166. The van der Waals surface area contributed by atoms with E-state index < -0.39 is 0 Å². The quantitative estimate of drug-likeness (QED) is 0.634. The largest absolute Gasteiger partial charge is 0.276 e. The van der Waals surface area contributed by atoms with Crippen LogP contribution in [0.2, 0.25) is 0 Å². The number of hydrogen-bond donors (Lipinski definition) is 0. The van der Waals surface area contributed by atoms with Crippen LogP contribution >= 0.6 is 11.3 Å². The van der Waals surface area contributed by atoms with Crippen LogP contribution in [-0.4, -0.2) is 0 Å². The predicted octanol–water partition coefficient (Wildman–Crippen LogP) is 2.13. The van der Waals surface area contributed by atoms with Gasteiger partial charge in [-0.25, -0.2) is 0 Å². The Balaban J connectivity index is 2.91. The molecule has 13 heavy (non-hydrogen) atoms. The molecule has 0 N–H and O–H groups in total. The summed E-state index contributed by atoms with van der Waals surface area (Å²) in [6.45, 7) is 0. The van der Waals surface area contributed by atoms with Crippen molar-refractivity contribution in [1.82, 2.24) is 0 Å². The van der Waals surface area contributed by atoms with Gasteiger partial charge in [0.05, 0.1) is 0 Å². The van der Waals surface area contributed by atoms with Gasteiger partial charge >= 0.3 is 0 Å². The number of nitriles is 1. The molecular weight excluding hydrogens is 182 g/mol. The Bertz CT molecular complexity index is 551. The Labute approximate surface area is 78.7 Å². The van der Waals surface area contributed by atoms with E-state index >= 15 is 0 Å². The molecule has 2 rings (SSSR count). The lowest BCUT2D eigenvalue weighted by atomic mass is 10.2. The molecule has 0 radical (unpaired) electrons. The molecule has 0 amide bonds. The van der Waals surface area contributed by atoms with Crippen molar-refractivity contribution in [3.8, 4) is 6.07 Å². The first-order valence-corrected chi connectivity index (χ1v) is 4.56. The second-order valence-corrected chi connectivity index (χ2v) is 3.61. The summed E-state index contributed by atoms with van der Waals surface area (Å²) in [4.78, 5) is 11.3. The first-order valence-electron chi connectivity index (χ1n) is 3.74. The Hall–Kier alpha value is -1.66. The third kappa shape index (κ3) is 1.32. The van der Waals surface area contributed by atoms with Crippen LogP contribution in [0.25, 0.3) is 10.1 Å². The highest BCUT2D eigenvalue weighted by Crippen LogP contribution is 2.15. The molecule has 2 nitrogen and oxygen atoms in total. The van der Waals surface area contributed by atoms with Gasteiger partial charge in [-0.2, -0.15) is 5.26 Å². The van der Waals surface area contributed by atoms with Crippen LogP contribution in [0.4, 0.5) is 0 Å². The van der Waals surface area contributed by atoms with E-state index in [-0.39, 0.29) is 10.3 Å². The molecule has 1 heterocycles. The third-order valence-electron chi connectivity index (χ3n) is 1.76. The number of fused-ring (bicyclic) bond motifs is 1. The van der Waals surface area contributed by atoms with Gasteiger partial charge in [0.25, 0.3) is 4.74 Å². The maximum absolute atomic E-state index is 11.3. The molecule has 0 aliphatic heterocycles. The van der Waals surface area contributed by atoms with Crippen LogP contribution in [0.15, 0.2) is 35.1 Å². The summed E-state index contributed by atoms with van der Waals surface area (Å²) in [5.41, 5.74) is 0.226. The number of benzene rings is 1. The van der Waals surface area contributed by atoms with Crippen LogP contribution in [0.1, 0.15) is 5.56 Å².